The van der Waals surface area contributed by atoms with E-state index in [1.807, 2.05) is 6.92 Å². The maximum absolute atomic E-state index is 5.48. The molecule has 0 bridgehead atoms. The molecule has 0 spiro atoms. The van der Waals surface area contributed by atoms with E-state index in [1.54, 1.807) is 18.4 Å². The topological polar surface area (TPSA) is 77.2 Å². The first-order valence-electron chi connectivity index (χ1n) is 7.60. The van der Waals surface area contributed by atoms with Gasteiger partial charge in [0.1, 0.15) is 10.0 Å². The van der Waals surface area contributed by atoms with E-state index in [1.165, 1.54) is 12.8 Å². The maximum Gasteiger partial charge on any atom is 0.244 e. The normalized spacial score (nSPS) is 19.6. The third-order valence-corrected chi connectivity index (χ3v) is 4.64. The fourth-order valence-electron chi connectivity index (χ4n) is 2.73. The molecule has 3 rings (SSSR count). The minimum absolute atomic E-state index is 0.182. The predicted molar refractivity (Wildman–Crippen MR) is 81.5 cm³/mol. The van der Waals surface area contributed by atoms with Crippen molar-refractivity contribution in [2.24, 2.45) is 0 Å². The minimum atomic E-state index is 0.182. The van der Waals surface area contributed by atoms with Crippen molar-refractivity contribution < 1.29 is 9.26 Å². The van der Waals surface area contributed by atoms with Gasteiger partial charge in [-0.3, -0.25) is 4.90 Å². The number of rotatable bonds is 6. The highest BCUT2D eigenvalue weighted by molar-refractivity contribution is 7.11. The van der Waals surface area contributed by atoms with E-state index in [0.717, 1.165) is 29.5 Å². The van der Waals surface area contributed by atoms with Gasteiger partial charge in [0.05, 0.1) is 19.2 Å². The number of likely N-dealkylation sites (tertiary alicyclic amines) is 1. The lowest BCUT2D eigenvalue weighted by Crippen LogP contribution is -2.33. The lowest BCUT2D eigenvalue weighted by molar-refractivity contribution is 0.111. The highest BCUT2D eigenvalue weighted by Crippen LogP contribution is 2.31. The average Bonchev–Trinajstić information content (AvgIpc) is 3.15. The Morgan fingerprint density at radius 2 is 2.27 bits per heavy atom. The summed E-state index contributed by atoms with van der Waals surface area (Å²) in [6, 6.07) is 0.182. The van der Waals surface area contributed by atoms with Gasteiger partial charge in [-0.1, -0.05) is 11.6 Å². The Kier molecular flexibility index (Phi) is 5.12. The van der Waals surface area contributed by atoms with Crippen LogP contribution in [-0.4, -0.2) is 45.5 Å². The fraction of sp³-hybridized carbons (Fsp3) is 0.714. The summed E-state index contributed by atoms with van der Waals surface area (Å²) in [5.41, 5.74) is 0. The van der Waals surface area contributed by atoms with Crippen LogP contribution in [0, 0.1) is 6.92 Å². The predicted octanol–water partition coefficient (Wildman–Crippen LogP) is 2.15. The molecule has 3 heterocycles. The van der Waals surface area contributed by atoms with Crippen molar-refractivity contribution in [3.05, 3.63) is 21.7 Å². The van der Waals surface area contributed by atoms with Gasteiger partial charge in [-0.25, -0.2) is 0 Å². The van der Waals surface area contributed by atoms with Crippen LogP contribution in [0.4, 0.5) is 0 Å². The fourth-order valence-corrected chi connectivity index (χ4v) is 3.47. The van der Waals surface area contributed by atoms with Crippen LogP contribution in [0.2, 0.25) is 0 Å². The Bertz CT molecular complexity index is 600. The summed E-state index contributed by atoms with van der Waals surface area (Å²) in [5, 5.41) is 14.4. The van der Waals surface area contributed by atoms with Crippen molar-refractivity contribution in [2.75, 3.05) is 20.3 Å². The Morgan fingerprint density at radius 3 is 3.05 bits per heavy atom. The Labute approximate surface area is 133 Å². The molecular formula is C14H21N5O2S. The van der Waals surface area contributed by atoms with Gasteiger partial charge >= 0.3 is 0 Å². The summed E-state index contributed by atoms with van der Waals surface area (Å²) >= 11 is 1.65. The highest BCUT2D eigenvalue weighted by atomic mass is 32.1. The Hall–Kier alpha value is -1.38. The van der Waals surface area contributed by atoms with Crippen LogP contribution in [0.3, 0.4) is 0 Å². The molecule has 120 valence electrons. The number of nitrogens with zero attached hydrogens (tertiary/aromatic N) is 5. The maximum atomic E-state index is 5.48. The standard InChI is InChI=1S/C14H21N5O2S/c1-10-16-17-13(22-10)9-19-7-4-3-5-11(19)14-15-12(18-21-14)6-8-20-2/h11H,3-9H2,1-2H3. The molecule has 0 aromatic carbocycles. The van der Waals surface area contributed by atoms with Crippen molar-refractivity contribution >= 4 is 11.3 Å². The van der Waals surface area contributed by atoms with Gasteiger partial charge in [0.25, 0.3) is 0 Å². The molecule has 0 aliphatic carbocycles. The van der Waals surface area contributed by atoms with Crippen molar-refractivity contribution in [3.63, 3.8) is 0 Å². The van der Waals surface area contributed by atoms with Gasteiger partial charge in [0.2, 0.25) is 5.89 Å². The van der Waals surface area contributed by atoms with Gasteiger partial charge in [-0.15, -0.1) is 21.5 Å². The van der Waals surface area contributed by atoms with Crippen LogP contribution in [0.15, 0.2) is 4.52 Å². The number of piperidine rings is 1. The molecule has 7 nitrogen and oxygen atoms in total. The van der Waals surface area contributed by atoms with Crippen LogP contribution in [0.5, 0.6) is 0 Å². The van der Waals surface area contributed by atoms with E-state index < -0.39 is 0 Å². The van der Waals surface area contributed by atoms with Crippen LogP contribution in [0.25, 0.3) is 0 Å². The molecule has 1 atom stereocenters. The van der Waals surface area contributed by atoms with Gasteiger partial charge in [-0.05, 0) is 26.3 Å². The second-order valence-electron chi connectivity index (χ2n) is 5.49. The monoisotopic (exact) mass is 323 g/mol. The lowest BCUT2D eigenvalue weighted by Gasteiger charge is -2.32. The molecule has 1 fully saturated rings. The number of methoxy groups -OCH3 is 1. The molecule has 0 amide bonds. The molecule has 2 aromatic heterocycles. The third kappa shape index (κ3) is 3.68. The van der Waals surface area contributed by atoms with Crippen molar-refractivity contribution in [3.8, 4) is 0 Å². The summed E-state index contributed by atoms with van der Waals surface area (Å²) in [7, 11) is 1.67. The van der Waals surface area contributed by atoms with E-state index in [4.69, 9.17) is 9.26 Å². The molecule has 1 unspecified atom stereocenters. The second kappa shape index (κ2) is 7.26. The lowest BCUT2D eigenvalue weighted by atomic mass is 10.0. The van der Waals surface area contributed by atoms with Gasteiger partial charge < -0.3 is 9.26 Å². The van der Waals surface area contributed by atoms with Crippen LogP contribution in [-0.2, 0) is 17.7 Å². The zero-order chi connectivity index (χ0) is 15.4. The number of aromatic nitrogens is 4. The summed E-state index contributed by atoms with van der Waals surface area (Å²) < 4.78 is 10.5. The first-order chi connectivity index (χ1) is 10.8. The molecule has 1 saturated heterocycles. The molecule has 0 radical (unpaired) electrons. The molecular weight excluding hydrogens is 302 g/mol. The Morgan fingerprint density at radius 1 is 1.36 bits per heavy atom. The summed E-state index contributed by atoms with van der Waals surface area (Å²) in [4.78, 5) is 6.91. The third-order valence-electron chi connectivity index (χ3n) is 3.82. The van der Waals surface area contributed by atoms with Gasteiger partial charge in [0, 0.05) is 13.5 Å². The summed E-state index contributed by atoms with van der Waals surface area (Å²) in [6.07, 6.45) is 4.11. The SMILES string of the molecule is COCCc1noc(C2CCCCN2Cc2nnc(C)s2)n1. The second-order valence-corrected chi connectivity index (χ2v) is 6.75. The molecule has 22 heavy (non-hydrogen) atoms. The first-order valence-corrected chi connectivity index (χ1v) is 8.42. The van der Waals surface area contributed by atoms with Crippen molar-refractivity contribution in [1.82, 2.24) is 25.2 Å². The number of ether oxygens (including phenoxy) is 1. The van der Waals surface area contributed by atoms with E-state index in [9.17, 15) is 0 Å². The quantitative estimate of drug-likeness (QED) is 0.806. The number of hydrogen-bond donors (Lipinski definition) is 0. The molecule has 0 saturated carbocycles. The molecule has 1 aliphatic rings. The molecule has 2 aromatic rings. The summed E-state index contributed by atoms with van der Waals surface area (Å²) in [5.74, 6) is 1.43. The molecule has 0 N–H and O–H groups in total. The number of aryl methyl sites for hydroxylation is 1. The van der Waals surface area contributed by atoms with Gasteiger partial charge in [0.15, 0.2) is 5.82 Å². The molecule has 8 heteroatoms. The van der Waals surface area contributed by atoms with Crippen LogP contribution >= 0.6 is 11.3 Å². The Balaban J connectivity index is 1.70. The summed E-state index contributed by atoms with van der Waals surface area (Å²) in [6.45, 7) is 4.41. The van der Waals surface area contributed by atoms with Crippen LogP contribution < -0.4 is 0 Å². The average molecular weight is 323 g/mol. The largest absolute Gasteiger partial charge is 0.384 e. The first kappa shape index (κ1) is 15.5. The van der Waals surface area contributed by atoms with Crippen molar-refractivity contribution in [2.45, 2.75) is 45.2 Å². The van der Waals surface area contributed by atoms with E-state index in [-0.39, 0.29) is 6.04 Å². The zero-order valence-corrected chi connectivity index (χ0v) is 13.8. The molecule has 1 aliphatic heterocycles. The smallest absolute Gasteiger partial charge is 0.244 e. The zero-order valence-electron chi connectivity index (χ0n) is 13.0. The van der Waals surface area contributed by atoms with Crippen LogP contribution in [0.1, 0.15) is 47.0 Å². The van der Waals surface area contributed by atoms with E-state index in [0.29, 0.717) is 24.7 Å². The van der Waals surface area contributed by atoms with E-state index >= 15 is 0 Å². The van der Waals surface area contributed by atoms with E-state index in [2.05, 4.69) is 25.2 Å². The number of hydrogen-bond acceptors (Lipinski definition) is 8. The highest BCUT2D eigenvalue weighted by Gasteiger charge is 2.29. The minimum Gasteiger partial charge on any atom is -0.384 e. The van der Waals surface area contributed by atoms with Gasteiger partial charge in [-0.2, -0.15) is 4.98 Å². The van der Waals surface area contributed by atoms with Crippen molar-refractivity contribution in [1.29, 1.82) is 0 Å².